The van der Waals surface area contributed by atoms with Crippen molar-refractivity contribution in [2.75, 3.05) is 0 Å². The first-order valence-corrected chi connectivity index (χ1v) is 2.90. The molecule has 0 unspecified atom stereocenters. The van der Waals surface area contributed by atoms with Gasteiger partial charge in [-0.25, -0.2) is 0 Å². The lowest BCUT2D eigenvalue weighted by atomic mass is 10.3. The van der Waals surface area contributed by atoms with E-state index in [1.165, 1.54) is 6.20 Å². The summed E-state index contributed by atoms with van der Waals surface area (Å²) in [7, 11) is 0. The van der Waals surface area contributed by atoms with Gasteiger partial charge >= 0.3 is 0 Å². The third-order valence-corrected chi connectivity index (χ3v) is 1.27. The van der Waals surface area contributed by atoms with Gasteiger partial charge in [-0.15, -0.1) is 6.42 Å². The molecule has 2 heteroatoms. The lowest BCUT2D eigenvalue weighted by Gasteiger charge is -1.98. The van der Waals surface area contributed by atoms with Crippen LogP contribution >= 0.6 is 0 Å². The van der Waals surface area contributed by atoms with Gasteiger partial charge in [-0.3, -0.25) is 0 Å². The normalized spacial score (nSPS) is 8.80. The number of rotatable bonds is 0. The third-order valence-electron chi connectivity index (χ3n) is 1.27. The summed E-state index contributed by atoms with van der Waals surface area (Å²) in [5.41, 5.74) is 1.26. The maximum Gasteiger partial charge on any atom is 0.196 e. The van der Waals surface area contributed by atoms with E-state index in [0.717, 1.165) is 4.73 Å². The summed E-state index contributed by atoms with van der Waals surface area (Å²) in [6, 6.07) is 3.44. The summed E-state index contributed by atoms with van der Waals surface area (Å²) >= 11 is 0. The zero-order valence-electron chi connectivity index (χ0n) is 5.66. The van der Waals surface area contributed by atoms with Crippen molar-refractivity contribution < 1.29 is 4.73 Å². The van der Waals surface area contributed by atoms with Crippen LogP contribution in [0, 0.1) is 24.5 Å². The molecule has 10 heavy (non-hydrogen) atoms. The Balaban J connectivity index is 3.20. The van der Waals surface area contributed by atoms with Crippen molar-refractivity contribution in [1.82, 2.24) is 0 Å². The van der Waals surface area contributed by atoms with Crippen LogP contribution in [0.5, 0.6) is 0 Å². The summed E-state index contributed by atoms with van der Waals surface area (Å²) in [6.45, 7) is 1.73. The summed E-state index contributed by atoms with van der Waals surface area (Å²) in [5, 5.41) is 10.8. The Bertz CT molecular complexity index is 286. The predicted molar refractivity (Wildman–Crippen MR) is 38.1 cm³/mol. The molecule has 1 aromatic heterocycles. The highest BCUT2D eigenvalue weighted by Crippen LogP contribution is 1.93. The SMILES string of the molecule is C#Cc1ccc(C)[n+]([O-])c1. The fraction of sp³-hybridized carbons (Fsp3) is 0.125. The molecule has 0 saturated heterocycles. The molecule has 0 aromatic carbocycles. The molecule has 2 nitrogen and oxygen atoms in total. The Morgan fingerprint density at radius 1 is 1.60 bits per heavy atom. The summed E-state index contributed by atoms with van der Waals surface area (Å²) in [5.74, 6) is 2.37. The molecule has 0 N–H and O–H groups in total. The smallest absolute Gasteiger partial charge is 0.196 e. The zero-order valence-corrected chi connectivity index (χ0v) is 5.66. The zero-order chi connectivity index (χ0) is 7.56. The molecule has 1 rings (SSSR count). The first-order chi connectivity index (χ1) is 4.74. The topological polar surface area (TPSA) is 26.9 Å². The van der Waals surface area contributed by atoms with Crippen LogP contribution in [0.1, 0.15) is 11.3 Å². The molecule has 0 spiro atoms. The van der Waals surface area contributed by atoms with E-state index in [1.807, 2.05) is 0 Å². The van der Waals surface area contributed by atoms with Gasteiger partial charge in [-0.1, -0.05) is 5.92 Å². The molecule has 0 aliphatic heterocycles. The van der Waals surface area contributed by atoms with Gasteiger partial charge in [0, 0.05) is 13.0 Å². The van der Waals surface area contributed by atoms with E-state index in [9.17, 15) is 5.21 Å². The van der Waals surface area contributed by atoms with Crippen molar-refractivity contribution in [3.05, 3.63) is 34.8 Å². The molecule has 0 bridgehead atoms. The Morgan fingerprint density at radius 2 is 2.30 bits per heavy atom. The Kier molecular flexibility index (Phi) is 1.59. The first-order valence-electron chi connectivity index (χ1n) is 2.90. The molecule has 1 heterocycles. The van der Waals surface area contributed by atoms with Crippen LogP contribution in [0.3, 0.4) is 0 Å². The Morgan fingerprint density at radius 3 is 2.80 bits per heavy atom. The summed E-state index contributed by atoms with van der Waals surface area (Å²) in [6.07, 6.45) is 6.45. The molecular weight excluding hydrogens is 126 g/mol. The minimum atomic E-state index is 0.612. The van der Waals surface area contributed by atoms with E-state index in [-0.39, 0.29) is 0 Å². The van der Waals surface area contributed by atoms with Crippen LogP contribution in [-0.2, 0) is 0 Å². The second kappa shape index (κ2) is 2.40. The second-order valence-corrected chi connectivity index (χ2v) is 2.03. The minimum absolute atomic E-state index is 0.612. The average molecular weight is 133 g/mol. The second-order valence-electron chi connectivity index (χ2n) is 2.03. The van der Waals surface area contributed by atoms with Crippen LogP contribution in [0.4, 0.5) is 0 Å². The number of aromatic nitrogens is 1. The number of nitrogens with zero attached hydrogens (tertiary/aromatic N) is 1. The Labute approximate surface area is 59.7 Å². The predicted octanol–water partition coefficient (Wildman–Crippen LogP) is 0.610. The highest BCUT2D eigenvalue weighted by Gasteiger charge is 1.96. The van der Waals surface area contributed by atoms with Gasteiger partial charge < -0.3 is 5.21 Å². The van der Waals surface area contributed by atoms with Crippen LogP contribution in [0.2, 0.25) is 0 Å². The van der Waals surface area contributed by atoms with Gasteiger partial charge in [0.15, 0.2) is 11.9 Å². The molecule has 0 saturated carbocycles. The molecule has 0 aliphatic rings. The van der Waals surface area contributed by atoms with Gasteiger partial charge in [-0.2, -0.15) is 4.73 Å². The Hall–Kier alpha value is -1.49. The summed E-state index contributed by atoms with van der Waals surface area (Å²) in [4.78, 5) is 0. The van der Waals surface area contributed by atoms with Gasteiger partial charge in [0.05, 0.1) is 5.56 Å². The minimum Gasteiger partial charge on any atom is -0.618 e. The number of pyridine rings is 1. The number of aryl methyl sites for hydroxylation is 1. The first kappa shape index (κ1) is 6.63. The van der Waals surface area contributed by atoms with Gasteiger partial charge in [-0.05, 0) is 6.07 Å². The largest absolute Gasteiger partial charge is 0.618 e. The highest BCUT2D eigenvalue weighted by atomic mass is 16.5. The van der Waals surface area contributed by atoms with Crippen molar-refractivity contribution in [2.24, 2.45) is 0 Å². The maximum atomic E-state index is 10.8. The molecule has 0 aliphatic carbocycles. The summed E-state index contributed by atoms with van der Waals surface area (Å²) < 4.78 is 0.759. The quantitative estimate of drug-likeness (QED) is 0.289. The van der Waals surface area contributed by atoms with E-state index in [1.54, 1.807) is 19.1 Å². The van der Waals surface area contributed by atoms with Gasteiger partial charge in [0.1, 0.15) is 0 Å². The van der Waals surface area contributed by atoms with E-state index >= 15 is 0 Å². The molecule has 0 amide bonds. The molecule has 0 fully saturated rings. The van der Waals surface area contributed by atoms with E-state index in [0.29, 0.717) is 11.3 Å². The van der Waals surface area contributed by atoms with Gasteiger partial charge in [0.25, 0.3) is 0 Å². The molecule has 50 valence electrons. The average Bonchev–Trinajstić information content (AvgIpc) is 1.95. The standard InChI is InChI=1S/C8H7NO/c1-3-8-5-4-7(2)9(10)6-8/h1,4-6H,2H3. The van der Waals surface area contributed by atoms with Crippen LogP contribution in [0.15, 0.2) is 18.3 Å². The molecular formula is C8H7NO. The van der Waals surface area contributed by atoms with Crippen LogP contribution in [0.25, 0.3) is 0 Å². The van der Waals surface area contributed by atoms with Crippen molar-refractivity contribution in [3.8, 4) is 12.3 Å². The number of terminal acetylenes is 1. The van der Waals surface area contributed by atoms with Gasteiger partial charge in [0.2, 0.25) is 0 Å². The molecule has 1 aromatic rings. The monoisotopic (exact) mass is 133 g/mol. The number of hydrogen-bond acceptors (Lipinski definition) is 1. The number of hydrogen-bond donors (Lipinski definition) is 0. The molecule has 0 radical (unpaired) electrons. The van der Waals surface area contributed by atoms with Crippen molar-refractivity contribution in [2.45, 2.75) is 6.92 Å². The highest BCUT2D eigenvalue weighted by molar-refractivity contribution is 5.27. The lowest BCUT2D eigenvalue weighted by molar-refractivity contribution is -0.612. The van der Waals surface area contributed by atoms with E-state index < -0.39 is 0 Å². The van der Waals surface area contributed by atoms with Crippen molar-refractivity contribution in [3.63, 3.8) is 0 Å². The van der Waals surface area contributed by atoms with Crippen LogP contribution < -0.4 is 4.73 Å². The van der Waals surface area contributed by atoms with Crippen LogP contribution in [-0.4, -0.2) is 0 Å². The van der Waals surface area contributed by atoms with Crippen molar-refractivity contribution in [1.29, 1.82) is 0 Å². The fourth-order valence-electron chi connectivity index (χ4n) is 0.640. The lowest BCUT2D eigenvalue weighted by Crippen LogP contribution is -2.29. The molecule has 0 atom stereocenters. The fourth-order valence-corrected chi connectivity index (χ4v) is 0.640. The third kappa shape index (κ3) is 1.08. The van der Waals surface area contributed by atoms with Crippen molar-refractivity contribution >= 4 is 0 Å². The van der Waals surface area contributed by atoms with E-state index in [4.69, 9.17) is 6.42 Å². The van der Waals surface area contributed by atoms with E-state index in [2.05, 4.69) is 5.92 Å². The maximum absolute atomic E-state index is 10.8.